The molecule has 136 valence electrons. The summed E-state index contributed by atoms with van der Waals surface area (Å²) in [6, 6.07) is 3.83. The van der Waals surface area contributed by atoms with Gasteiger partial charge in [-0.2, -0.15) is 0 Å². The molecule has 0 amide bonds. The van der Waals surface area contributed by atoms with Crippen molar-refractivity contribution in [2.24, 2.45) is 0 Å². The minimum atomic E-state index is -2.31. The number of aliphatic carboxylic acids is 1. The molecule has 0 aromatic heterocycles. The summed E-state index contributed by atoms with van der Waals surface area (Å²) in [6.07, 6.45) is -3.44. The lowest BCUT2D eigenvalue weighted by atomic mass is 9.79. The number of ether oxygens (including phenoxy) is 1. The van der Waals surface area contributed by atoms with Crippen LogP contribution in [0.5, 0.6) is 11.5 Å². The van der Waals surface area contributed by atoms with Crippen LogP contribution in [-0.4, -0.2) is 66.5 Å². The first-order valence-electron chi connectivity index (χ1n) is 7.35. The molecule has 9 heteroatoms. The third-order valence-corrected chi connectivity index (χ3v) is 3.94. The lowest BCUT2D eigenvalue weighted by molar-refractivity contribution is -0.196. The minimum absolute atomic E-state index is 0.327. The van der Waals surface area contributed by atoms with Gasteiger partial charge in [-0.15, -0.1) is 0 Å². The normalized spacial score (nSPS) is 29.5. The second kappa shape index (κ2) is 7.09. The van der Waals surface area contributed by atoms with Gasteiger partial charge in [-0.05, 0) is 23.8 Å². The van der Waals surface area contributed by atoms with Crippen molar-refractivity contribution in [2.45, 2.75) is 36.8 Å². The van der Waals surface area contributed by atoms with Crippen LogP contribution in [-0.2, 0) is 14.3 Å². The van der Waals surface area contributed by atoms with Gasteiger partial charge in [-0.25, -0.2) is 9.59 Å². The first-order valence-corrected chi connectivity index (χ1v) is 7.35. The zero-order valence-corrected chi connectivity index (χ0v) is 12.9. The van der Waals surface area contributed by atoms with Crippen molar-refractivity contribution in [2.75, 3.05) is 0 Å². The fraction of sp³-hybridized carbons (Fsp3) is 0.375. The average Bonchev–Trinajstić information content (AvgIpc) is 2.53. The van der Waals surface area contributed by atoms with Crippen molar-refractivity contribution in [3.63, 3.8) is 0 Å². The Bertz CT molecular complexity index is 699. The molecule has 0 aliphatic heterocycles. The molecule has 0 radical (unpaired) electrons. The van der Waals surface area contributed by atoms with Gasteiger partial charge < -0.3 is 35.4 Å². The van der Waals surface area contributed by atoms with Crippen molar-refractivity contribution in [1.82, 2.24) is 0 Å². The smallest absolute Gasteiger partial charge is 0.335 e. The van der Waals surface area contributed by atoms with Crippen LogP contribution in [0.3, 0.4) is 0 Å². The van der Waals surface area contributed by atoms with E-state index >= 15 is 0 Å². The highest BCUT2D eigenvalue weighted by Gasteiger charge is 2.50. The molecule has 9 nitrogen and oxygen atoms in total. The molecule has 1 aromatic rings. The Morgan fingerprint density at radius 2 is 1.84 bits per heavy atom. The molecule has 2 rings (SSSR count). The van der Waals surface area contributed by atoms with E-state index in [9.17, 15) is 35.1 Å². The maximum absolute atomic E-state index is 11.8. The minimum Gasteiger partial charge on any atom is -0.504 e. The van der Waals surface area contributed by atoms with Crippen LogP contribution in [0, 0.1) is 0 Å². The second-order valence-corrected chi connectivity index (χ2v) is 5.86. The second-order valence-electron chi connectivity index (χ2n) is 5.86. The zero-order valence-electron chi connectivity index (χ0n) is 12.9. The van der Waals surface area contributed by atoms with Crippen molar-refractivity contribution in [1.29, 1.82) is 0 Å². The van der Waals surface area contributed by atoms with E-state index in [-0.39, 0.29) is 11.5 Å². The molecular formula is C16H18O9. The highest BCUT2D eigenvalue weighted by Crippen LogP contribution is 2.31. The Labute approximate surface area is 142 Å². The summed E-state index contributed by atoms with van der Waals surface area (Å²) >= 11 is 0. The van der Waals surface area contributed by atoms with E-state index in [0.717, 1.165) is 6.08 Å². The number of carboxylic acids is 1. The number of rotatable bonds is 4. The summed E-state index contributed by atoms with van der Waals surface area (Å²) in [5, 5.41) is 57.0. The van der Waals surface area contributed by atoms with Crippen molar-refractivity contribution in [3.8, 4) is 11.5 Å². The van der Waals surface area contributed by atoms with Gasteiger partial charge in [0.15, 0.2) is 17.1 Å². The lowest BCUT2D eigenvalue weighted by Crippen LogP contribution is -2.57. The van der Waals surface area contributed by atoms with Gasteiger partial charge in [0.25, 0.3) is 0 Å². The number of phenolic OH excluding ortho intramolecular Hbond substituents is 2. The van der Waals surface area contributed by atoms with Crippen molar-refractivity contribution < 1.29 is 45.0 Å². The Hall–Kier alpha value is -2.62. The molecule has 1 aliphatic rings. The fourth-order valence-corrected chi connectivity index (χ4v) is 2.53. The monoisotopic (exact) mass is 354 g/mol. The zero-order chi connectivity index (χ0) is 18.8. The van der Waals surface area contributed by atoms with Crippen LogP contribution in [0.2, 0.25) is 0 Å². The number of aliphatic hydroxyl groups is 3. The van der Waals surface area contributed by atoms with E-state index in [2.05, 4.69) is 0 Å². The third-order valence-electron chi connectivity index (χ3n) is 3.94. The molecule has 25 heavy (non-hydrogen) atoms. The third kappa shape index (κ3) is 4.27. The summed E-state index contributed by atoms with van der Waals surface area (Å²) in [5.41, 5.74) is -1.94. The van der Waals surface area contributed by atoms with Crippen molar-refractivity contribution >= 4 is 18.0 Å². The van der Waals surface area contributed by atoms with Gasteiger partial charge in [0.05, 0.1) is 6.10 Å². The summed E-state index contributed by atoms with van der Waals surface area (Å²) < 4.78 is 4.92. The predicted molar refractivity (Wildman–Crippen MR) is 82.5 cm³/mol. The van der Waals surface area contributed by atoms with Crippen LogP contribution in [0.15, 0.2) is 24.3 Å². The average molecular weight is 354 g/mol. The fourth-order valence-electron chi connectivity index (χ4n) is 2.53. The van der Waals surface area contributed by atoms with Gasteiger partial charge in [-0.3, -0.25) is 0 Å². The van der Waals surface area contributed by atoms with Gasteiger partial charge in [0.1, 0.15) is 12.2 Å². The summed E-state index contributed by atoms with van der Waals surface area (Å²) in [5.74, 6) is -3.24. The Morgan fingerprint density at radius 3 is 2.44 bits per heavy atom. The van der Waals surface area contributed by atoms with Crippen LogP contribution >= 0.6 is 0 Å². The SMILES string of the molecule is O=C(C=Cc1ccc(O)c(O)c1)O[C@@H]1C[C@@](O)(C(=O)O)C[C@@H](O)[C@H]1O. The number of carbonyl (C=O) groups excluding carboxylic acids is 1. The van der Waals surface area contributed by atoms with Crippen LogP contribution < -0.4 is 0 Å². The molecular weight excluding hydrogens is 336 g/mol. The molecule has 0 bridgehead atoms. The number of hydrogen-bond donors (Lipinski definition) is 6. The van der Waals surface area contributed by atoms with E-state index in [1.54, 1.807) is 0 Å². The number of benzene rings is 1. The molecule has 0 saturated heterocycles. The quantitative estimate of drug-likeness (QED) is 0.234. The summed E-state index contributed by atoms with van der Waals surface area (Å²) in [4.78, 5) is 22.9. The van der Waals surface area contributed by atoms with E-state index in [1.807, 2.05) is 0 Å². The maximum atomic E-state index is 11.8. The highest BCUT2D eigenvalue weighted by atomic mass is 16.6. The van der Waals surface area contributed by atoms with Gasteiger partial charge in [0, 0.05) is 18.9 Å². The van der Waals surface area contributed by atoms with Gasteiger partial charge >= 0.3 is 11.9 Å². The van der Waals surface area contributed by atoms with Gasteiger partial charge in [-0.1, -0.05) is 6.07 Å². The number of aliphatic hydroxyl groups excluding tert-OH is 2. The van der Waals surface area contributed by atoms with Crippen LogP contribution in [0.25, 0.3) is 6.08 Å². The predicted octanol–water partition coefficient (Wildman–Crippen LogP) is -0.646. The van der Waals surface area contributed by atoms with E-state index < -0.39 is 48.7 Å². The first-order chi connectivity index (χ1) is 11.6. The highest BCUT2D eigenvalue weighted by molar-refractivity contribution is 5.87. The standard InChI is InChI=1S/C16H18O9/c17-9-3-1-8(5-10(9)18)2-4-13(20)25-12-7-16(24,15(22)23)6-11(19)14(12)21/h1-5,11-12,14,17-19,21,24H,6-7H2,(H,22,23)/t11-,12-,14-,16-/m1/s1. The Balaban J connectivity index is 2.06. The largest absolute Gasteiger partial charge is 0.504 e. The molecule has 1 aliphatic carbocycles. The lowest BCUT2D eigenvalue weighted by Gasteiger charge is -2.39. The number of esters is 1. The molecule has 1 aromatic carbocycles. The molecule has 0 heterocycles. The molecule has 4 atom stereocenters. The molecule has 0 unspecified atom stereocenters. The van der Waals surface area contributed by atoms with Crippen LogP contribution in [0.4, 0.5) is 0 Å². The first kappa shape index (κ1) is 18.7. The Morgan fingerprint density at radius 1 is 1.16 bits per heavy atom. The molecule has 0 spiro atoms. The Kier molecular flexibility index (Phi) is 5.31. The summed E-state index contributed by atoms with van der Waals surface area (Å²) in [6.45, 7) is 0. The number of aromatic hydroxyl groups is 2. The molecule has 1 saturated carbocycles. The van der Waals surface area contributed by atoms with Crippen molar-refractivity contribution in [3.05, 3.63) is 29.8 Å². The number of hydrogen-bond acceptors (Lipinski definition) is 8. The number of carboxylic acid groups (broad SMARTS) is 1. The number of carbonyl (C=O) groups is 2. The summed E-state index contributed by atoms with van der Waals surface area (Å²) in [7, 11) is 0. The molecule has 1 fully saturated rings. The molecule has 6 N–H and O–H groups in total. The maximum Gasteiger partial charge on any atom is 0.335 e. The van der Waals surface area contributed by atoms with E-state index in [4.69, 9.17) is 9.84 Å². The van der Waals surface area contributed by atoms with E-state index in [1.165, 1.54) is 24.3 Å². The number of phenols is 2. The topological polar surface area (TPSA) is 165 Å². The van der Waals surface area contributed by atoms with E-state index in [0.29, 0.717) is 5.56 Å². The van der Waals surface area contributed by atoms with Crippen LogP contribution in [0.1, 0.15) is 18.4 Å². The van der Waals surface area contributed by atoms with Gasteiger partial charge in [0.2, 0.25) is 0 Å².